The molecule has 0 spiro atoms. The molecule has 114 valence electrons. The number of benzene rings is 1. The van der Waals surface area contributed by atoms with Gasteiger partial charge in [-0.15, -0.1) is 0 Å². The Kier molecular flexibility index (Phi) is 5.08. The lowest BCUT2D eigenvalue weighted by Crippen LogP contribution is -2.36. The molecule has 0 saturated carbocycles. The van der Waals surface area contributed by atoms with Crippen LogP contribution in [-0.2, 0) is 11.3 Å². The number of carbonyl (C=O) groups is 1. The van der Waals surface area contributed by atoms with Crippen LogP contribution >= 0.6 is 12.2 Å². The fraction of sp³-hybridized carbons (Fsp3) is 0.429. The maximum atomic E-state index is 13.3. The summed E-state index contributed by atoms with van der Waals surface area (Å²) in [5.41, 5.74) is 7.10. The number of nitrogens with zero attached hydrogens (tertiary/aromatic N) is 1. The van der Waals surface area contributed by atoms with E-state index in [-0.39, 0.29) is 16.8 Å². The minimum absolute atomic E-state index is 0.0613. The number of methoxy groups -OCH3 is 1. The van der Waals surface area contributed by atoms with Crippen LogP contribution in [0.25, 0.3) is 0 Å². The van der Waals surface area contributed by atoms with Crippen molar-refractivity contribution < 1.29 is 13.9 Å². The highest BCUT2D eigenvalue weighted by atomic mass is 32.1. The molecule has 1 aliphatic rings. The number of thiocarbonyl (C=S) groups is 1. The lowest BCUT2D eigenvalue weighted by atomic mass is 10.1. The molecule has 2 rings (SSSR count). The van der Waals surface area contributed by atoms with Gasteiger partial charge in [0.25, 0.3) is 0 Å². The van der Waals surface area contributed by atoms with Crippen LogP contribution in [0.15, 0.2) is 18.2 Å². The van der Waals surface area contributed by atoms with E-state index in [1.54, 1.807) is 6.07 Å². The van der Waals surface area contributed by atoms with Crippen LogP contribution < -0.4 is 11.1 Å². The van der Waals surface area contributed by atoms with Crippen molar-refractivity contribution in [2.75, 3.05) is 20.2 Å². The van der Waals surface area contributed by atoms with Crippen molar-refractivity contribution in [3.05, 3.63) is 35.1 Å². The Balaban J connectivity index is 2.00. The largest absolute Gasteiger partial charge is 0.453 e. The van der Waals surface area contributed by atoms with Gasteiger partial charge in [-0.25, -0.2) is 9.18 Å². The Bertz CT molecular complexity index is 553. The van der Waals surface area contributed by atoms with Crippen molar-refractivity contribution in [2.45, 2.75) is 19.0 Å². The Morgan fingerprint density at radius 1 is 1.62 bits per heavy atom. The highest BCUT2D eigenvalue weighted by Crippen LogP contribution is 2.18. The first-order valence-electron chi connectivity index (χ1n) is 6.64. The van der Waals surface area contributed by atoms with E-state index in [2.05, 4.69) is 15.0 Å². The van der Waals surface area contributed by atoms with E-state index >= 15 is 0 Å². The highest BCUT2D eigenvalue weighted by Gasteiger charge is 2.24. The maximum absolute atomic E-state index is 13.3. The second-order valence-electron chi connectivity index (χ2n) is 5.02. The predicted molar refractivity (Wildman–Crippen MR) is 81.5 cm³/mol. The number of carbonyl (C=O) groups excluding carboxylic acids is 1. The summed E-state index contributed by atoms with van der Waals surface area (Å²) in [5, 5.41) is 2.78. The molecule has 0 aromatic heterocycles. The molecular weight excluding hydrogens is 293 g/mol. The Morgan fingerprint density at radius 2 is 2.38 bits per heavy atom. The van der Waals surface area contributed by atoms with Crippen LogP contribution in [0.5, 0.6) is 0 Å². The topological polar surface area (TPSA) is 67.6 Å². The number of hydrogen-bond acceptors (Lipinski definition) is 4. The summed E-state index contributed by atoms with van der Waals surface area (Å²) in [7, 11) is 1.34. The van der Waals surface area contributed by atoms with Gasteiger partial charge in [0.1, 0.15) is 10.8 Å². The minimum Gasteiger partial charge on any atom is -0.453 e. The monoisotopic (exact) mass is 311 g/mol. The van der Waals surface area contributed by atoms with Crippen LogP contribution in [0.1, 0.15) is 17.5 Å². The van der Waals surface area contributed by atoms with Gasteiger partial charge in [-0.2, -0.15) is 0 Å². The van der Waals surface area contributed by atoms with Crippen LogP contribution in [-0.4, -0.2) is 42.2 Å². The van der Waals surface area contributed by atoms with Crippen LogP contribution in [0.2, 0.25) is 0 Å². The molecule has 1 unspecified atom stereocenters. The maximum Gasteiger partial charge on any atom is 0.407 e. The summed E-state index contributed by atoms with van der Waals surface area (Å²) in [6.07, 6.45) is 0.422. The van der Waals surface area contributed by atoms with Gasteiger partial charge in [-0.3, -0.25) is 4.90 Å². The smallest absolute Gasteiger partial charge is 0.407 e. The number of nitrogens with two attached hydrogens (primary N) is 1. The molecule has 1 fully saturated rings. The van der Waals surface area contributed by atoms with E-state index in [1.807, 2.05) is 0 Å². The van der Waals surface area contributed by atoms with Crippen molar-refractivity contribution in [1.82, 2.24) is 10.2 Å². The van der Waals surface area contributed by atoms with E-state index in [9.17, 15) is 9.18 Å². The summed E-state index contributed by atoms with van der Waals surface area (Å²) in [5.74, 6) is -0.354. The zero-order valence-electron chi connectivity index (χ0n) is 11.8. The Morgan fingerprint density at radius 3 is 3.05 bits per heavy atom. The lowest BCUT2D eigenvalue weighted by Gasteiger charge is -2.18. The van der Waals surface area contributed by atoms with Crippen LogP contribution in [0.3, 0.4) is 0 Å². The summed E-state index contributed by atoms with van der Waals surface area (Å²) in [6, 6.07) is 4.52. The molecule has 1 atom stereocenters. The van der Waals surface area contributed by atoms with E-state index in [4.69, 9.17) is 18.0 Å². The highest BCUT2D eigenvalue weighted by molar-refractivity contribution is 7.80. The number of halogens is 1. The van der Waals surface area contributed by atoms with Gasteiger partial charge in [0, 0.05) is 31.2 Å². The van der Waals surface area contributed by atoms with Crippen molar-refractivity contribution in [3.63, 3.8) is 0 Å². The fourth-order valence-corrected chi connectivity index (χ4v) is 2.67. The molecule has 7 heteroatoms. The van der Waals surface area contributed by atoms with Gasteiger partial charge in [-0.1, -0.05) is 18.3 Å². The van der Waals surface area contributed by atoms with Crippen molar-refractivity contribution in [2.24, 2.45) is 5.73 Å². The lowest BCUT2D eigenvalue weighted by molar-refractivity contribution is 0.166. The zero-order chi connectivity index (χ0) is 15.4. The van der Waals surface area contributed by atoms with Crippen molar-refractivity contribution in [1.29, 1.82) is 0 Å². The SMILES string of the molecule is COC(=O)NC1CCN(Cc2ccc(F)cc2C(N)=S)C1. The van der Waals surface area contributed by atoms with Gasteiger partial charge in [-0.05, 0) is 24.1 Å². The molecule has 1 heterocycles. The zero-order valence-corrected chi connectivity index (χ0v) is 12.6. The predicted octanol–water partition coefficient (Wildman–Crippen LogP) is 1.39. The molecule has 21 heavy (non-hydrogen) atoms. The normalized spacial score (nSPS) is 18.5. The molecular formula is C14H18FN3O2S. The first kappa shape index (κ1) is 15.7. The third-order valence-corrected chi connectivity index (χ3v) is 3.73. The Labute approximate surface area is 128 Å². The average Bonchev–Trinajstić information content (AvgIpc) is 2.87. The van der Waals surface area contributed by atoms with Crippen LogP contribution in [0.4, 0.5) is 9.18 Å². The summed E-state index contributed by atoms with van der Waals surface area (Å²) >= 11 is 4.97. The number of amides is 1. The third-order valence-electron chi connectivity index (χ3n) is 3.51. The number of hydrogen-bond donors (Lipinski definition) is 2. The van der Waals surface area contributed by atoms with Crippen molar-refractivity contribution >= 4 is 23.3 Å². The molecule has 5 nitrogen and oxygen atoms in total. The van der Waals surface area contributed by atoms with Crippen molar-refractivity contribution in [3.8, 4) is 0 Å². The molecule has 0 radical (unpaired) electrons. The fourth-order valence-electron chi connectivity index (χ4n) is 2.48. The average molecular weight is 311 g/mol. The molecule has 1 saturated heterocycles. The molecule has 0 bridgehead atoms. The third kappa shape index (κ3) is 4.12. The molecule has 1 aromatic carbocycles. The second kappa shape index (κ2) is 6.82. The van der Waals surface area contributed by atoms with E-state index in [1.165, 1.54) is 19.2 Å². The van der Waals surface area contributed by atoms with E-state index < -0.39 is 6.09 Å². The quantitative estimate of drug-likeness (QED) is 0.823. The molecule has 1 aliphatic heterocycles. The standard InChI is InChI=1S/C14H18FN3O2S/c1-20-14(19)17-11-4-5-18(8-11)7-9-2-3-10(15)6-12(9)13(16)21/h2-3,6,11H,4-5,7-8H2,1H3,(H2,16,21)(H,17,19). The summed E-state index contributed by atoms with van der Waals surface area (Å²) in [4.78, 5) is 13.5. The number of alkyl carbamates (subject to hydrolysis) is 1. The molecule has 1 amide bonds. The first-order chi connectivity index (χ1) is 9.99. The van der Waals surface area contributed by atoms with Gasteiger partial charge in [0.2, 0.25) is 0 Å². The Hall–Kier alpha value is -1.73. The van der Waals surface area contributed by atoms with E-state index in [0.29, 0.717) is 18.7 Å². The van der Waals surface area contributed by atoms with Gasteiger partial charge in [0.05, 0.1) is 7.11 Å². The van der Waals surface area contributed by atoms with Gasteiger partial charge in [0.15, 0.2) is 0 Å². The number of likely N-dealkylation sites (tertiary alicyclic amines) is 1. The minimum atomic E-state index is -0.424. The molecule has 1 aromatic rings. The second-order valence-corrected chi connectivity index (χ2v) is 5.46. The summed E-state index contributed by atoms with van der Waals surface area (Å²) < 4.78 is 17.9. The number of ether oxygens (including phenoxy) is 1. The first-order valence-corrected chi connectivity index (χ1v) is 7.05. The summed E-state index contributed by atoms with van der Waals surface area (Å²) in [6.45, 7) is 2.17. The number of rotatable bonds is 4. The van der Waals surface area contributed by atoms with Crippen LogP contribution in [0, 0.1) is 5.82 Å². The number of nitrogens with one attached hydrogen (secondary N) is 1. The van der Waals surface area contributed by atoms with E-state index in [0.717, 1.165) is 18.5 Å². The van der Waals surface area contributed by atoms with Gasteiger partial charge < -0.3 is 15.8 Å². The van der Waals surface area contributed by atoms with Gasteiger partial charge >= 0.3 is 6.09 Å². The molecule has 3 N–H and O–H groups in total. The molecule has 0 aliphatic carbocycles.